The van der Waals surface area contributed by atoms with Crippen LogP contribution in [0.4, 0.5) is 5.69 Å². The molecule has 0 saturated heterocycles. The summed E-state index contributed by atoms with van der Waals surface area (Å²) in [6.07, 6.45) is 2.63. The van der Waals surface area contributed by atoms with Crippen LogP contribution in [0.1, 0.15) is 30.9 Å². The molecule has 27 heavy (non-hydrogen) atoms. The summed E-state index contributed by atoms with van der Waals surface area (Å²) in [5, 5.41) is 0. The first-order valence-corrected chi connectivity index (χ1v) is 10.8. The van der Waals surface area contributed by atoms with Gasteiger partial charge in [0.05, 0.1) is 4.90 Å². The number of amides is 1. The van der Waals surface area contributed by atoms with Crippen molar-refractivity contribution in [3.63, 3.8) is 0 Å². The first kappa shape index (κ1) is 18.2. The smallest absolute Gasteiger partial charge is 0.243 e. The number of carbonyl (C=O) groups excluding carboxylic acids is 1. The molecular weight excluding hydrogens is 360 g/mol. The number of benzene rings is 2. The van der Waals surface area contributed by atoms with E-state index in [0.29, 0.717) is 13.0 Å². The van der Waals surface area contributed by atoms with Crippen molar-refractivity contribution in [1.82, 2.24) is 4.31 Å². The normalized spacial score (nSPS) is 19.4. The fourth-order valence-electron chi connectivity index (χ4n) is 3.74. The van der Waals surface area contributed by atoms with E-state index in [1.807, 2.05) is 42.2 Å². The van der Waals surface area contributed by atoms with E-state index in [0.717, 1.165) is 29.7 Å². The van der Waals surface area contributed by atoms with E-state index >= 15 is 0 Å². The molecule has 1 aliphatic heterocycles. The molecule has 2 aliphatic rings. The Morgan fingerprint density at radius 2 is 1.85 bits per heavy atom. The maximum atomic E-state index is 13.0. The van der Waals surface area contributed by atoms with Crippen LogP contribution in [0.2, 0.25) is 0 Å². The first-order valence-electron chi connectivity index (χ1n) is 9.34. The van der Waals surface area contributed by atoms with E-state index in [4.69, 9.17) is 0 Å². The van der Waals surface area contributed by atoms with Gasteiger partial charge in [-0.15, -0.1) is 0 Å². The minimum Gasteiger partial charge on any atom is -0.309 e. The van der Waals surface area contributed by atoms with Gasteiger partial charge in [0.1, 0.15) is 0 Å². The SMILES string of the molecule is C[C@H]1Cc2cc(S(=O)(=O)N(C)Cc3ccccc3)ccc2N1C(=O)C1CC1. The van der Waals surface area contributed by atoms with Crippen LogP contribution in [0, 0.1) is 5.92 Å². The zero-order chi connectivity index (χ0) is 19.2. The third-order valence-corrected chi connectivity index (χ3v) is 7.19. The molecule has 1 heterocycles. The summed E-state index contributed by atoms with van der Waals surface area (Å²) < 4.78 is 27.4. The lowest BCUT2D eigenvalue weighted by molar-refractivity contribution is -0.120. The van der Waals surface area contributed by atoms with E-state index in [-0.39, 0.29) is 22.8 Å². The molecule has 0 aromatic heterocycles. The minimum absolute atomic E-state index is 0.0769. The summed E-state index contributed by atoms with van der Waals surface area (Å²) in [6.45, 7) is 2.35. The summed E-state index contributed by atoms with van der Waals surface area (Å²) in [5.41, 5.74) is 2.74. The van der Waals surface area contributed by atoms with Crippen molar-refractivity contribution in [1.29, 1.82) is 0 Å². The maximum absolute atomic E-state index is 13.0. The highest BCUT2D eigenvalue weighted by molar-refractivity contribution is 7.89. The molecule has 0 spiro atoms. The summed E-state index contributed by atoms with van der Waals surface area (Å²) in [7, 11) is -1.99. The third-order valence-electron chi connectivity index (χ3n) is 5.39. The Hall–Kier alpha value is -2.18. The molecule has 0 radical (unpaired) electrons. The van der Waals surface area contributed by atoms with Gasteiger partial charge in [0.15, 0.2) is 0 Å². The highest BCUT2D eigenvalue weighted by Crippen LogP contribution is 2.39. The number of sulfonamides is 1. The van der Waals surface area contributed by atoms with Crippen LogP contribution >= 0.6 is 0 Å². The number of hydrogen-bond donors (Lipinski definition) is 0. The topological polar surface area (TPSA) is 57.7 Å². The number of fused-ring (bicyclic) bond motifs is 1. The molecule has 1 saturated carbocycles. The fourth-order valence-corrected chi connectivity index (χ4v) is 4.95. The molecule has 0 N–H and O–H groups in total. The van der Waals surface area contributed by atoms with Crippen molar-refractivity contribution in [3.05, 3.63) is 59.7 Å². The lowest BCUT2D eigenvalue weighted by atomic mass is 10.1. The molecule has 5 nitrogen and oxygen atoms in total. The van der Waals surface area contributed by atoms with Crippen LogP contribution in [0.15, 0.2) is 53.4 Å². The fraction of sp³-hybridized carbons (Fsp3) is 0.381. The highest BCUT2D eigenvalue weighted by Gasteiger charge is 2.39. The Kier molecular flexibility index (Phi) is 4.56. The second-order valence-corrected chi connectivity index (χ2v) is 9.62. The molecule has 1 fully saturated rings. The quantitative estimate of drug-likeness (QED) is 0.795. The van der Waals surface area contributed by atoms with Gasteiger partial charge in [0, 0.05) is 31.2 Å². The number of carbonyl (C=O) groups is 1. The predicted molar refractivity (Wildman–Crippen MR) is 105 cm³/mol. The largest absolute Gasteiger partial charge is 0.309 e. The molecule has 0 unspecified atom stereocenters. The zero-order valence-corrected chi connectivity index (χ0v) is 16.4. The Balaban J connectivity index is 1.60. The summed E-state index contributed by atoms with van der Waals surface area (Å²) in [6, 6.07) is 14.8. The molecule has 2 aromatic carbocycles. The predicted octanol–water partition coefficient (Wildman–Crippen LogP) is 3.19. The second kappa shape index (κ2) is 6.77. The van der Waals surface area contributed by atoms with Crippen molar-refractivity contribution in [3.8, 4) is 0 Å². The van der Waals surface area contributed by atoms with Gasteiger partial charge >= 0.3 is 0 Å². The van der Waals surface area contributed by atoms with E-state index in [2.05, 4.69) is 0 Å². The number of anilines is 1. The minimum atomic E-state index is -3.59. The molecule has 1 atom stereocenters. The second-order valence-electron chi connectivity index (χ2n) is 7.57. The highest BCUT2D eigenvalue weighted by atomic mass is 32.2. The molecule has 1 aliphatic carbocycles. The lowest BCUT2D eigenvalue weighted by Crippen LogP contribution is -2.36. The van der Waals surface area contributed by atoms with Crippen molar-refractivity contribution >= 4 is 21.6 Å². The lowest BCUT2D eigenvalue weighted by Gasteiger charge is -2.23. The van der Waals surface area contributed by atoms with E-state index in [9.17, 15) is 13.2 Å². The molecule has 2 aromatic rings. The van der Waals surface area contributed by atoms with Gasteiger partial charge in [-0.3, -0.25) is 4.79 Å². The van der Waals surface area contributed by atoms with Crippen LogP contribution in [-0.4, -0.2) is 31.7 Å². The molecular formula is C21H24N2O3S. The van der Waals surface area contributed by atoms with Crippen LogP contribution in [-0.2, 0) is 27.8 Å². The van der Waals surface area contributed by atoms with E-state index < -0.39 is 10.0 Å². The maximum Gasteiger partial charge on any atom is 0.243 e. The van der Waals surface area contributed by atoms with Crippen LogP contribution in [0.25, 0.3) is 0 Å². The van der Waals surface area contributed by atoms with Gasteiger partial charge in [-0.1, -0.05) is 30.3 Å². The average molecular weight is 385 g/mol. The zero-order valence-electron chi connectivity index (χ0n) is 15.6. The average Bonchev–Trinajstić information content (AvgIpc) is 3.44. The molecule has 4 rings (SSSR count). The number of nitrogens with zero attached hydrogens (tertiary/aromatic N) is 2. The van der Waals surface area contributed by atoms with Crippen molar-refractivity contribution in [2.75, 3.05) is 11.9 Å². The van der Waals surface area contributed by atoms with Crippen molar-refractivity contribution < 1.29 is 13.2 Å². The van der Waals surface area contributed by atoms with Gasteiger partial charge in [-0.25, -0.2) is 8.42 Å². The Morgan fingerprint density at radius 3 is 2.52 bits per heavy atom. The van der Waals surface area contributed by atoms with Gasteiger partial charge in [-0.2, -0.15) is 4.31 Å². The summed E-state index contributed by atoms with van der Waals surface area (Å²) in [5.74, 6) is 0.330. The third kappa shape index (κ3) is 3.39. The van der Waals surface area contributed by atoms with Gasteiger partial charge in [0.25, 0.3) is 0 Å². The first-order chi connectivity index (χ1) is 12.9. The monoisotopic (exact) mass is 384 g/mol. The standard InChI is InChI=1S/C21H24N2O3S/c1-15-12-18-13-19(10-11-20(18)23(15)21(24)17-8-9-17)27(25,26)22(2)14-16-6-4-3-5-7-16/h3-7,10-11,13,15,17H,8-9,12,14H2,1-2H3/t15-/m0/s1. The van der Waals surface area contributed by atoms with E-state index in [1.165, 1.54) is 4.31 Å². The summed E-state index contributed by atoms with van der Waals surface area (Å²) >= 11 is 0. The summed E-state index contributed by atoms with van der Waals surface area (Å²) in [4.78, 5) is 14.7. The van der Waals surface area contributed by atoms with Gasteiger partial charge < -0.3 is 4.90 Å². The van der Waals surface area contributed by atoms with Crippen molar-refractivity contribution in [2.24, 2.45) is 5.92 Å². The number of hydrogen-bond acceptors (Lipinski definition) is 3. The Bertz CT molecular complexity index is 968. The van der Waals surface area contributed by atoms with Gasteiger partial charge in [-0.05, 0) is 55.5 Å². The molecule has 6 heteroatoms. The van der Waals surface area contributed by atoms with Crippen LogP contribution in [0.3, 0.4) is 0 Å². The number of rotatable bonds is 5. The Labute approximate surface area is 160 Å². The van der Waals surface area contributed by atoms with Crippen molar-refractivity contribution in [2.45, 2.75) is 43.7 Å². The molecule has 1 amide bonds. The molecule has 142 valence electrons. The van der Waals surface area contributed by atoms with Gasteiger partial charge in [0.2, 0.25) is 15.9 Å². The van der Waals surface area contributed by atoms with Crippen LogP contribution < -0.4 is 4.90 Å². The molecule has 0 bridgehead atoms. The van der Waals surface area contributed by atoms with Crippen LogP contribution in [0.5, 0.6) is 0 Å². The Morgan fingerprint density at radius 1 is 1.15 bits per heavy atom. The van der Waals surface area contributed by atoms with E-state index in [1.54, 1.807) is 25.2 Å².